The molecule has 3 aromatic heterocycles. The number of halogens is 5. The normalized spacial score (nSPS) is 13.3. The van der Waals surface area contributed by atoms with Gasteiger partial charge in [-0.2, -0.15) is 18.3 Å². The van der Waals surface area contributed by atoms with Crippen LogP contribution >= 0.6 is 22.9 Å². The predicted molar refractivity (Wildman–Crippen MR) is 175 cm³/mol. The fraction of sp³-hybridized carbons (Fsp3) is 0.333. The summed E-state index contributed by atoms with van der Waals surface area (Å²) < 4.78 is 65.0. The van der Waals surface area contributed by atoms with E-state index < -0.39 is 18.2 Å². The van der Waals surface area contributed by atoms with E-state index in [1.54, 1.807) is 35.1 Å². The van der Waals surface area contributed by atoms with Crippen LogP contribution in [-0.2, 0) is 35.5 Å². The Morgan fingerprint density at radius 2 is 1.96 bits per heavy atom. The summed E-state index contributed by atoms with van der Waals surface area (Å²) in [6, 6.07) is 11.4. The molecule has 0 bridgehead atoms. The third-order valence-corrected chi connectivity index (χ3v) is 9.48. The van der Waals surface area contributed by atoms with Gasteiger partial charge < -0.3 is 19.7 Å². The van der Waals surface area contributed by atoms with Gasteiger partial charge in [0.05, 0.1) is 22.6 Å². The largest absolute Gasteiger partial charge is 0.490 e. The Morgan fingerprint density at radius 3 is 2.69 bits per heavy atom. The van der Waals surface area contributed by atoms with E-state index in [1.165, 1.54) is 29.8 Å². The van der Waals surface area contributed by atoms with Crippen LogP contribution in [0.1, 0.15) is 30.7 Å². The van der Waals surface area contributed by atoms with Crippen LogP contribution in [0.15, 0.2) is 55.0 Å². The van der Waals surface area contributed by atoms with Crippen LogP contribution in [0.2, 0.25) is 5.02 Å². The van der Waals surface area contributed by atoms with Crippen molar-refractivity contribution >= 4 is 50.6 Å². The number of nitrogens with zero attached hydrogens (tertiary/aromatic N) is 5. The Balaban J connectivity index is 1.22. The van der Waals surface area contributed by atoms with E-state index in [9.17, 15) is 22.4 Å². The Hall–Kier alpha value is -4.27. The van der Waals surface area contributed by atoms with E-state index in [0.29, 0.717) is 53.8 Å². The molecule has 0 radical (unpaired) electrons. The first-order valence-corrected chi connectivity index (χ1v) is 16.5. The topological polar surface area (TPSA) is 94.4 Å². The first-order chi connectivity index (χ1) is 23.0. The van der Waals surface area contributed by atoms with Crippen molar-refractivity contribution in [3.63, 3.8) is 0 Å². The van der Waals surface area contributed by atoms with E-state index in [1.807, 2.05) is 24.8 Å². The maximum absolute atomic E-state index is 13.5. The second-order valence-electron chi connectivity index (χ2n) is 11.2. The number of esters is 1. The van der Waals surface area contributed by atoms with Crippen molar-refractivity contribution in [2.45, 2.75) is 52.1 Å². The first kappa shape index (κ1) is 33.6. The molecule has 0 aliphatic heterocycles. The lowest BCUT2D eigenvalue weighted by Gasteiger charge is -2.25. The number of rotatable bonds is 12. The van der Waals surface area contributed by atoms with E-state index in [0.717, 1.165) is 31.9 Å². The average Bonchev–Trinajstić information content (AvgIpc) is 3.64. The zero-order valence-electron chi connectivity index (χ0n) is 26.0. The number of ether oxygens (including phenoxy) is 2. The number of nitrogens with one attached hydrogen (secondary N) is 1. The van der Waals surface area contributed by atoms with E-state index in [4.69, 9.17) is 21.1 Å². The van der Waals surface area contributed by atoms with Gasteiger partial charge in [0.25, 0.3) is 0 Å². The molecule has 9 nitrogen and oxygen atoms in total. The second-order valence-corrected chi connectivity index (χ2v) is 12.6. The number of aryl methyl sites for hydroxylation is 2. The monoisotopic (exact) mass is 702 g/mol. The molecule has 0 saturated heterocycles. The van der Waals surface area contributed by atoms with Crippen molar-refractivity contribution in [1.82, 2.24) is 24.6 Å². The lowest BCUT2D eigenvalue weighted by atomic mass is 9.95. The summed E-state index contributed by atoms with van der Waals surface area (Å²) in [5.74, 6) is -1.51. The zero-order valence-corrected chi connectivity index (χ0v) is 27.6. The summed E-state index contributed by atoms with van der Waals surface area (Å²) in [6.07, 6.45) is -1.62. The van der Waals surface area contributed by atoms with Gasteiger partial charge in [-0.05, 0) is 67.4 Å². The van der Waals surface area contributed by atoms with E-state index in [2.05, 4.69) is 20.4 Å². The third-order valence-electron chi connectivity index (χ3n) is 8.01. The van der Waals surface area contributed by atoms with Crippen molar-refractivity contribution in [2.75, 3.05) is 25.0 Å². The van der Waals surface area contributed by atoms with Gasteiger partial charge in [-0.1, -0.05) is 37.6 Å². The van der Waals surface area contributed by atoms with Crippen molar-refractivity contribution in [3.05, 3.63) is 82.6 Å². The number of thiophene rings is 1. The van der Waals surface area contributed by atoms with Gasteiger partial charge in [0.1, 0.15) is 41.3 Å². The molecular weight excluding hydrogens is 672 g/mol. The van der Waals surface area contributed by atoms with Crippen molar-refractivity contribution < 1.29 is 31.8 Å². The van der Waals surface area contributed by atoms with Crippen LogP contribution in [0.4, 0.5) is 29.1 Å². The quantitative estimate of drug-likeness (QED) is 0.105. The zero-order chi connectivity index (χ0) is 34.0. The molecule has 0 unspecified atom stereocenters. The molecule has 15 heteroatoms. The highest BCUT2D eigenvalue weighted by atomic mass is 35.5. The number of anilines is 2. The molecular formula is C33H31ClF4N6O3S. The van der Waals surface area contributed by atoms with Crippen LogP contribution in [0.25, 0.3) is 20.7 Å². The summed E-state index contributed by atoms with van der Waals surface area (Å²) in [5.41, 5.74) is 4.05. The molecule has 3 heterocycles. The predicted octanol–water partition coefficient (Wildman–Crippen LogP) is 7.58. The lowest BCUT2D eigenvalue weighted by Crippen LogP contribution is -2.40. The third kappa shape index (κ3) is 7.40. The van der Waals surface area contributed by atoms with Crippen LogP contribution in [-0.4, -0.2) is 62.5 Å². The van der Waals surface area contributed by atoms with Crippen LogP contribution in [0.3, 0.4) is 0 Å². The first-order valence-electron chi connectivity index (χ1n) is 15.3. The standard InChI is InChI=1S/C33H31ClF4N6O3S/c1-3-43(4-2)14-22(47-32(45)33(36,37)38)15-44-16-24-26(42-44)10-9-23-28-30(39-18-40-31(28)48-29(23)24)41-21-8-11-27(25(34)13-21)46-17-19-6-5-7-20(35)12-19/h5-8,11-13,16,18,22H,3-4,9-10,14-15,17H2,1-2H3,(H,39,40,41)/t22-/m1/s1. The summed E-state index contributed by atoms with van der Waals surface area (Å²) >= 11 is 8.01. The van der Waals surface area contributed by atoms with Gasteiger partial charge in [-0.25, -0.2) is 19.2 Å². The average molecular weight is 703 g/mol. The molecule has 48 heavy (non-hydrogen) atoms. The fourth-order valence-corrected chi connectivity index (χ4v) is 7.12. The molecule has 1 atom stereocenters. The highest BCUT2D eigenvalue weighted by Crippen LogP contribution is 2.45. The van der Waals surface area contributed by atoms with Crippen molar-refractivity contribution in [3.8, 4) is 16.2 Å². The number of aromatic nitrogens is 4. The van der Waals surface area contributed by atoms with E-state index >= 15 is 0 Å². The Bertz CT molecular complexity index is 1940. The molecule has 1 aliphatic rings. The van der Waals surface area contributed by atoms with Crippen LogP contribution in [0, 0.1) is 5.82 Å². The number of benzene rings is 2. The molecule has 2 aromatic carbocycles. The van der Waals surface area contributed by atoms with Crippen molar-refractivity contribution in [1.29, 1.82) is 0 Å². The minimum Gasteiger partial charge on any atom is -0.487 e. The molecule has 0 amide bonds. The lowest BCUT2D eigenvalue weighted by molar-refractivity contribution is -0.206. The molecule has 5 aromatic rings. The molecule has 252 valence electrons. The molecule has 0 spiro atoms. The molecule has 1 N–H and O–H groups in total. The Labute approximate surface area is 282 Å². The van der Waals surface area contributed by atoms with Gasteiger partial charge in [0, 0.05) is 28.9 Å². The molecule has 1 aliphatic carbocycles. The number of likely N-dealkylation sites (N-methyl/N-ethyl adjacent to an activating group) is 1. The summed E-state index contributed by atoms with van der Waals surface area (Å²) in [7, 11) is 0. The maximum Gasteiger partial charge on any atom is 0.490 e. The number of fused-ring (bicyclic) bond motifs is 5. The van der Waals surface area contributed by atoms with Gasteiger partial charge in [-0.3, -0.25) is 4.68 Å². The smallest absolute Gasteiger partial charge is 0.487 e. The minimum atomic E-state index is -5.09. The SMILES string of the molecule is CCN(CC)C[C@H](Cn1cc2c(n1)CCc1c-2sc2ncnc(Nc3ccc(OCc4cccc(F)c4)c(Cl)c3)c12)OC(=O)C(F)(F)F. The van der Waals surface area contributed by atoms with Gasteiger partial charge >= 0.3 is 12.1 Å². The summed E-state index contributed by atoms with van der Waals surface area (Å²) in [5, 5.41) is 9.24. The number of hydrogen-bond donors (Lipinski definition) is 1. The van der Waals surface area contributed by atoms with Gasteiger partial charge in [0.2, 0.25) is 0 Å². The Morgan fingerprint density at radius 1 is 1.15 bits per heavy atom. The second kappa shape index (κ2) is 14.1. The van der Waals surface area contributed by atoms with Gasteiger partial charge in [0.15, 0.2) is 0 Å². The fourth-order valence-electron chi connectivity index (χ4n) is 5.66. The Kier molecular flexibility index (Phi) is 9.85. The number of carbonyl (C=O) groups excluding carboxylic acids is 1. The highest BCUT2D eigenvalue weighted by molar-refractivity contribution is 7.22. The summed E-state index contributed by atoms with van der Waals surface area (Å²) in [4.78, 5) is 24.4. The van der Waals surface area contributed by atoms with Crippen LogP contribution < -0.4 is 10.1 Å². The highest BCUT2D eigenvalue weighted by Gasteiger charge is 2.42. The van der Waals surface area contributed by atoms with Crippen LogP contribution in [0.5, 0.6) is 5.75 Å². The minimum absolute atomic E-state index is 0.0269. The van der Waals surface area contributed by atoms with E-state index in [-0.39, 0.29) is 25.5 Å². The number of alkyl halides is 3. The molecule has 0 saturated carbocycles. The molecule has 6 rings (SSSR count). The number of carbonyl (C=O) groups is 1. The maximum atomic E-state index is 13.5. The molecule has 0 fully saturated rings. The number of hydrogen-bond acceptors (Lipinski definition) is 9. The van der Waals surface area contributed by atoms with Crippen molar-refractivity contribution in [2.24, 2.45) is 0 Å². The summed E-state index contributed by atoms with van der Waals surface area (Å²) in [6.45, 7) is 5.24. The van der Waals surface area contributed by atoms with Gasteiger partial charge in [-0.15, -0.1) is 11.3 Å².